The van der Waals surface area contributed by atoms with E-state index in [-0.39, 0.29) is 11.9 Å². The molecule has 4 heteroatoms. The van der Waals surface area contributed by atoms with Crippen LogP contribution >= 0.6 is 0 Å². The van der Waals surface area contributed by atoms with Crippen molar-refractivity contribution in [2.24, 2.45) is 0 Å². The van der Waals surface area contributed by atoms with Gasteiger partial charge in [-0.3, -0.25) is 10.1 Å². The molecule has 4 rings (SSSR count). The molecule has 1 atom stereocenters. The van der Waals surface area contributed by atoms with Crippen molar-refractivity contribution in [3.63, 3.8) is 0 Å². The van der Waals surface area contributed by atoms with E-state index in [1.54, 1.807) is 0 Å². The molecule has 4 nitrogen and oxygen atoms in total. The molecule has 2 heterocycles. The minimum absolute atomic E-state index is 0.103. The molecule has 22 heavy (non-hydrogen) atoms. The lowest BCUT2D eigenvalue weighted by atomic mass is 9.94. The van der Waals surface area contributed by atoms with Gasteiger partial charge in [0.25, 0.3) is 0 Å². The number of hydrogen-bond donors (Lipinski definition) is 3. The van der Waals surface area contributed by atoms with Gasteiger partial charge in [-0.15, -0.1) is 0 Å². The lowest BCUT2D eigenvalue weighted by Crippen LogP contribution is -2.50. The molecule has 1 saturated carbocycles. The molecule has 3 N–H and O–H groups in total. The summed E-state index contributed by atoms with van der Waals surface area (Å²) < 4.78 is 0. The van der Waals surface area contributed by atoms with Gasteiger partial charge in [-0.2, -0.15) is 0 Å². The first-order chi connectivity index (χ1) is 10.8. The number of amides is 1. The molecule has 0 radical (unpaired) electrons. The molecule has 0 spiro atoms. The summed E-state index contributed by atoms with van der Waals surface area (Å²) in [5.74, 6) is 0.169. The van der Waals surface area contributed by atoms with Gasteiger partial charge >= 0.3 is 0 Å². The summed E-state index contributed by atoms with van der Waals surface area (Å²) in [7, 11) is 0. The summed E-state index contributed by atoms with van der Waals surface area (Å²) in [6, 6.07) is 8.64. The van der Waals surface area contributed by atoms with Gasteiger partial charge in [0.2, 0.25) is 5.91 Å². The van der Waals surface area contributed by atoms with Crippen molar-refractivity contribution in [2.75, 3.05) is 0 Å². The zero-order valence-corrected chi connectivity index (χ0v) is 12.8. The molecular formula is C18H23N3O. The summed E-state index contributed by atoms with van der Waals surface area (Å²) in [4.78, 5) is 16.0. The number of carbonyl (C=O) groups excluding carboxylic acids is 1. The van der Waals surface area contributed by atoms with Crippen LogP contribution in [0.15, 0.2) is 24.3 Å². The minimum Gasteiger partial charge on any atom is -0.357 e. The van der Waals surface area contributed by atoms with E-state index in [4.69, 9.17) is 0 Å². The molecule has 2 aromatic rings. The number of aromatic nitrogens is 1. The normalized spacial score (nSPS) is 22.5. The minimum atomic E-state index is -0.103. The van der Waals surface area contributed by atoms with E-state index >= 15 is 0 Å². The highest BCUT2D eigenvalue weighted by Crippen LogP contribution is 2.26. The number of nitrogens with one attached hydrogen (secondary N) is 3. The van der Waals surface area contributed by atoms with Crippen molar-refractivity contribution in [2.45, 2.75) is 57.2 Å². The Balaban J connectivity index is 1.50. The summed E-state index contributed by atoms with van der Waals surface area (Å²) in [6.07, 6.45) is 6.85. The van der Waals surface area contributed by atoms with Crippen molar-refractivity contribution in [1.82, 2.24) is 15.6 Å². The van der Waals surface area contributed by atoms with Crippen LogP contribution in [-0.4, -0.2) is 23.0 Å². The Labute approximate surface area is 130 Å². The predicted octanol–water partition coefficient (Wildman–Crippen LogP) is 2.63. The van der Waals surface area contributed by atoms with Gasteiger partial charge in [0.05, 0.1) is 6.04 Å². The number of benzene rings is 1. The maximum Gasteiger partial charge on any atom is 0.237 e. The van der Waals surface area contributed by atoms with E-state index in [1.807, 2.05) is 6.07 Å². The monoisotopic (exact) mass is 297 g/mol. The van der Waals surface area contributed by atoms with Crippen LogP contribution in [0.4, 0.5) is 0 Å². The van der Waals surface area contributed by atoms with Gasteiger partial charge < -0.3 is 10.3 Å². The third-order valence-corrected chi connectivity index (χ3v) is 5.10. The van der Waals surface area contributed by atoms with Gasteiger partial charge in [-0.1, -0.05) is 37.5 Å². The fourth-order valence-corrected chi connectivity index (χ4v) is 3.88. The fourth-order valence-electron chi connectivity index (χ4n) is 3.88. The highest BCUT2D eigenvalue weighted by molar-refractivity contribution is 5.88. The van der Waals surface area contributed by atoms with Gasteiger partial charge in [0, 0.05) is 29.2 Å². The number of H-pyrrole nitrogens is 1. The van der Waals surface area contributed by atoms with Crippen molar-refractivity contribution >= 4 is 16.8 Å². The number of fused-ring (bicyclic) bond motifs is 3. The maximum atomic E-state index is 12.6. The SMILES string of the molecule is O=C(NC1CCCCC1)[C@@H]1Cc2c([nH]c3ccccc23)CN1. The number of rotatable bonds is 2. The summed E-state index contributed by atoms with van der Waals surface area (Å²) in [5.41, 5.74) is 3.70. The third-order valence-electron chi connectivity index (χ3n) is 5.10. The summed E-state index contributed by atoms with van der Waals surface area (Å²) in [5, 5.41) is 7.89. The Bertz CT molecular complexity index is 685. The standard InChI is InChI=1S/C18H23N3O/c22-18(20-12-6-2-1-3-7-12)16-10-14-13-8-4-5-9-15(13)21-17(14)11-19-16/h4-5,8-9,12,16,19,21H,1-3,6-7,10-11H2,(H,20,22)/t16-/m0/s1. The van der Waals surface area contributed by atoms with E-state index in [2.05, 4.69) is 33.8 Å². The van der Waals surface area contributed by atoms with Gasteiger partial charge in [-0.25, -0.2) is 0 Å². The van der Waals surface area contributed by atoms with Crippen LogP contribution in [0.3, 0.4) is 0 Å². The topological polar surface area (TPSA) is 56.9 Å². The number of carbonyl (C=O) groups is 1. The Hall–Kier alpha value is -1.81. The van der Waals surface area contributed by atoms with Crippen LogP contribution in [0.5, 0.6) is 0 Å². The molecule has 1 fully saturated rings. The second kappa shape index (κ2) is 5.76. The quantitative estimate of drug-likeness (QED) is 0.798. The first-order valence-corrected chi connectivity index (χ1v) is 8.43. The molecule has 1 aliphatic heterocycles. The third kappa shape index (κ3) is 2.52. The highest BCUT2D eigenvalue weighted by atomic mass is 16.2. The van der Waals surface area contributed by atoms with Gasteiger partial charge in [-0.05, 0) is 30.9 Å². The van der Waals surface area contributed by atoms with Crippen molar-refractivity contribution in [3.05, 3.63) is 35.5 Å². The van der Waals surface area contributed by atoms with E-state index in [0.717, 1.165) is 25.8 Å². The average molecular weight is 297 g/mol. The van der Waals surface area contributed by atoms with Crippen LogP contribution in [0.1, 0.15) is 43.4 Å². The van der Waals surface area contributed by atoms with Crippen LogP contribution in [0.2, 0.25) is 0 Å². The molecule has 1 aromatic carbocycles. The molecule has 1 aromatic heterocycles. The first-order valence-electron chi connectivity index (χ1n) is 8.43. The zero-order valence-electron chi connectivity index (χ0n) is 12.8. The second-order valence-electron chi connectivity index (χ2n) is 6.61. The summed E-state index contributed by atoms with van der Waals surface area (Å²) in [6.45, 7) is 0.743. The van der Waals surface area contributed by atoms with Crippen molar-refractivity contribution < 1.29 is 4.79 Å². The Morgan fingerprint density at radius 1 is 1.14 bits per heavy atom. The Morgan fingerprint density at radius 3 is 2.82 bits per heavy atom. The Morgan fingerprint density at radius 2 is 1.95 bits per heavy atom. The van der Waals surface area contributed by atoms with E-state index in [0.29, 0.717) is 6.04 Å². The fraction of sp³-hybridized carbons (Fsp3) is 0.500. The molecular weight excluding hydrogens is 274 g/mol. The maximum absolute atomic E-state index is 12.6. The molecule has 0 saturated heterocycles. The van der Waals surface area contributed by atoms with E-state index in [1.165, 1.54) is 41.4 Å². The lowest BCUT2D eigenvalue weighted by Gasteiger charge is -2.28. The van der Waals surface area contributed by atoms with Crippen molar-refractivity contribution in [1.29, 1.82) is 0 Å². The predicted molar refractivity (Wildman–Crippen MR) is 87.6 cm³/mol. The molecule has 1 aliphatic carbocycles. The highest BCUT2D eigenvalue weighted by Gasteiger charge is 2.28. The lowest BCUT2D eigenvalue weighted by molar-refractivity contribution is -0.124. The van der Waals surface area contributed by atoms with E-state index < -0.39 is 0 Å². The molecule has 0 bridgehead atoms. The van der Waals surface area contributed by atoms with E-state index in [9.17, 15) is 4.79 Å². The zero-order chi connectivity index (χ0) is 14.9. The molecule has 0 unspecified atom stereocenters. The van der Waals surface area contributed by atoms with Crippen molar-refractivity contribution in [3.8, 4) is 0 Å². The molecule has 116 valence electrons. The van der Waals surface area contributed by atoms with Gasteiger partial charge in [0.1, 0.15) is 0 Å². The molecule has 1 amide bonds. The van der Waals surface area contributed by atoms with Crippen LogP contribution in [0, 0.1) is 0 Å². The number of hydrogen-bond acceptors (Lipinski definition) is 2. The number of aromatic amines is 1. The van der Waals surface area contributed by atoms with Gasteiger partial charge in [0.15, 0.2) is 0 Å². The summed E-state index contributed by atoms with van der Waals surface area (Å²) >= 11 is 0. The molecule has 2 aliphatic rings. The number of para-hydroxylation sites is 1. The van der Waals surface area contributed by atoms with Crippen LogP contribution in [0.25, 0.3) is 10.9 Å². The first kappa shape index (κ1) is 13.8. The Kier molecular flexibility index (Phi) is 3.62. The smallest absolute Gasteiger partial charge is 0.237 e. The van der Waals surface area contributed by atoms with Crippen LogP contribution in [-0.2, 0) is 17.8 Å². The second-order valence-corrected chi connectivity index (χ2v) is 6.61. The van der Waals surface area contributed by atoms with Crippen LogP contribution < -0.4 is 10.6 Å². The largest absolute Gasteiger partial charge is 0.357 e. The average Bonchev–Trinajstić information content (AvgIpc) is 2.93.